The molecule has 0 radical (unpaired) electrons. The average molecular weight is 505 g/mol. The Morgan fingerprint density at radius 2 is 1.94 bits per heavy atom. The maximum absolute atomic E-state index is 14.7. The van der Waals surface area contributed by atoms with Gasteiger partial charge in [-0.25, -0.2) is 9.18 Å². The van der Waals surface area contributed by atoms with Gasteiger partial charge in [-0.1, -0.05) is 6.07 Å². The van der Waals surface area contributed by atoms with E-state index in [0.29, 0.717) is 5.75 Å². The Morgan fingerprint density at radius 3 is 2.61 bits per heavy atom. The number of amides is 1. The summed E-state index contributed by atoms with van der Waals surface area (Å²) in [6, 6.07) is 9.99. The van der Waals surface area contributed by atoms with Crippen LogP contribution >= 0.6 is 0 Å². The summed E-state index contributed by atoms with van der Waals surface area (Å²) in [7, 11) is 1.50. The number of nitrogens with zero attached hydrogens (tertiary/aromatic N) is 1. The van der Waals surface area contributed by atoms with Gasteiger partial charge in [-0.05, 0) is 48.0 Å². The number of carboxylic acids is 1. The van der Waals surface area contributed by atoms with E-state index in [1.807, 2.05) is 0 Å². The summed E-state index contributed by atoms with van der Waals surface area (Å²) in [6.45, 7) is 0.0844. The number of alkyl halides is 3. The number of carboxylic acid groups (broad SMARTS) is 1. The van der Waals surface area contributed by atoms with Gasteiger partial charge in [0.1, 0.15) is 17.0 Å². The van der Waals surface area contributed by atoms with E-state index in [1.54, 1.807) is 12.1 Å². The summed E-state index contributed by atoms with van der Waals surface area (Å²) in [5.41, 5.74) is -0.912. The molecule has 2 aromatic carbocycles. The third-order valence-electron chi connectivity index (χ3n) is 5.67. The summed E-state index contributed by atoms with van der Waals surface area (Å²) in [5.74, 6) is -3.85. The first-order valence-corrected chi connectivity index (χ1v) is 10.6. The number of aromatic nitrogens is 1. The molecule has 0 spiro atoms. The molecule has 12 heteroatoms. The summed E-state index contributed by atoms with van der Waals surface area (Å²) >= 11 is 0. The number of fused-ring (bicyclic) bond motifs is 1. The SMILES string of the molecule is CNc1cc(C(=O)NC2(c3ccc(OC(F)(F)F)c(F)c3)CCOc3cccnc32)ccc1C(=O)O. The maximum Gasteiger partial charge on any atom is 0.573 e. The van der Waals surface area contributed by atoms with Crippen molar-refractivity contribution in [2.75, 3.05) is 19.0 Å². The average Bonchev–Trinajstić information content (AvgIpc) is 2.84. The Bertz CT molecular complexity index is 1330. The first-order valence-electron chi connectivity index (χ1n) is 10.6. The van der Waals surface area contributed by atoms with E-state index in [2.05, 4.69) is 20.4 Å². The molecule has 1 atom stereocenters. The zero-order chi connectivity index (χ0) is 26.1. The van der Waals surface area contributed by atoms with Gasteiger partial charge in [-0.2, -0.15) is 0 Å². The summed E-state index contributed by atoms with van der Waals surface area (Å²) in [5, 5.41) is 14.9. The normalized spacial score (nSPS) is 16.9. The molecule has 0 bridgehead atoms. The Kier molecular flexibility index (Phi) is 6.44. The molecule has 36 heavy (non-hydrogen) atoms. The van der Waals surface area contributed by atoms with Gasteiger partial charge < -0.3 is 25.2 Å². The van der Waals surface area contributed by atoms with Gasteiger partial charge in [0.15, 0.2) is 11.6 Å². The van der Waals surface area contributed by atoms with Crippen molar-refractivity contribution in [1.29, 1.82) is 0 Å². The van der Waals surface area contributed by atoms with Crippen LogP contribution in [-0.4, -0.2) is 42.0 Å². The minimum absolute atomic E-state index is 0.0517. The highest BCUT2D eigenvalue weighted by Crippen LogP contribution is 2.42. The number of ether oxygens (including phenoxy) is 2. The molecule has 1 aliphatic rings. The molecule has 3 N–H and O–H groups in total. The number of carbonyl (C=O) groups excluding carboxylic acids is 1. The highest BCUT2D eigenvalue weighted by molar-refractivity contribution is 6.00. The Morgan fingerprint density at radius 1 is 1.17 bits per heavy atom. The third kappa shape index (κ3) is 4.74. The molecule has 1 amide bonds. The molecule has 8 nitrogen and oxygen atoms in total. The molecular formula is C24H19F4N3O5. The minimum atomic E-state index is -5.09. The van der Waals surface area contributed by atoms with Gasteiger partial charge >= 0.3 is 12.3 Å². The molecule has 0 saturated carbocycles. The zero-order valence-corrected chi connectivity index (χ0v) is 18.6. The molecule has 3 aromatic rings. The molecule has 2 heterocycles. The predicted octanol–water partition coefficient (Wildman–Crippen LogP) is 4.32. The lowest BCUT2D eigenvalue weighted by atomic mass is 9.81. The second-order valence-corrected chi connectivity index (χ2v) is 7.82. The molecule has 188 valence electrons. The van der Waals surface area contributed by atoms with E-state index < -0.39 is 35.3 Å². The van der Waals surface area contributed by atoms with Crippen molar-refractivity contribution in [2.45, 2.75) is 18.3 Å². The van der Waals surface area contributed by atoms with E-state index in [4.69, 9.17) is 4.74 Å². The van der Waals surface area contributed by atoms with Gasteiger partial charge in [-0.3, -0.25) is 9.78 Å². The van der Waals surface area contributed by atoms with Crippen LogP contribution in [0.1, 0.15) is 38.4 Å². The lowest BCUT2D eigenvalue weighted by molar-refractivity contribution is -0.275. The van der Waals surface area contributed by atoms with Crippen LogP contribution in [0.15, 0.2) is 54.7 Å². The van der Waals surface area contributed by atoms with Gasteiger partial charge in [0.05, 0.1) is 12.2 Å². The summed E-state index contributed by atoms with van der Waals surface area (Å²) in [6.07, 6.45) is -3.57. The van der Waals surface area contributed by atoms with Gasteiger partial charge in [0.2, 0.25) is 0 Å². The van der Waals surface area contributed by atoms with Crippen LogP contribution in [0, 0.1) is 5.82 Å². The molecule has 1 aliphatic heterocycles. The van der Waals surface area contributed by atoms with Gasteiger partial charge in [0.25, 0.3) is 5.91 Å². The first kappa shape index (κ1) is 24.8. The molecule has 1 aromatic heterocycles. The zero-order valence-electron chi connectivity index (χ0n) is 18.6. The van der Waals surface area contributed by atoms with E-state index in [9.17, 15) is 32.3 Å². The molecule has 0 aliphatic carbocycles. The molecular weight excluding hydrogens is 486 g/mol. The van der Waals surface area contributed by atoms with Crippen molar-refractivity contribution >= 4 is 17.6 Å². The Balaban J connectivity index is 1.80. The van der Waals surface area contributed by atoms with Crippen molar-refractivity contribution in [2.24, 2.45) is 0 Å². The minimum Gasteiger partial charge on any atom is -0.491 e. The third-order valence-corrected chi connectivity index (χ3v) is 5.67. The van der Waals surface area contributed by atoms with Crippen LogP contribution in [-0.2, 0) is 5.54 Å². The molecule has 0 fully saturated rings. The van der Waals surface area contributed by atoms with Crippen LogP contribution in [0.25, 0.3) is 0 Å². The number of nitrogens with one attached hydrogen (secondary N) is 2. The second-order valence-electron chi connectivity index (χ2n) is 7.82. The molecule has 0 saturated heterocycles. The van der Waals surface area contributed by atoms with E-state index >= 15 is 0 Å². The first-order chi connectivity index (χ1) is 17.0. The Hall–Kier alpha value is -4.35. The second kappa shape index (κ2) is 9.36. The topological polar surface area (TPSA) is 110 Å². The Labute approximate surface area is 201 Å². The van der Waals surface area contributed by atoms with E-state index in [-0.39, 0.29) is 41.1 Å². The number of rotatable bonds is 6. The van der Waals surface area contributed by atoms with Crippen molar-refractivity contribution < 1.29 is 41.7 Å². The monoisotopic (exact) mass is 505 g/mol. The maximum atomic E-state index is 14.7. The van der Waals surface area contributed by atoms with Crippen molar-refractivity contribution in [1.82, 2.24) is 10.3 Å². The largest absolute Gasteiger partial charge is 0.573 e. The van der Waals surface area contributed by atoms with Crippen LogP contribution in [0.3, 0.4) is 0 Å². The fraction of sp³-hybridized carbons (Fsp3) is 0.208. The fourth-order valence-electron chi connectivity index (χ4n) is 4.05. The number of benzene rings is 2. The van der Waals surface area contributed by atoms with Gasteiger partial charge in [-0.15, -0.1) is 13.2 Å². The van der Waals surface area contributed by atoms with Crippen molar-refractivity contribution in [3.8, 4) is 11.5 Å². The number of halogens is 4. The number of anilines is 1. The van der Waals surface area contributed by atoms with Crippen LogP contribution in [0.5, 0.6) is 11.5 Å². The van der Waals surface area contributed by atoms with E-state index in [0.717, 1.165) is 12.1 Å². The fourth-order valence-corrected chi connectivity index (χ4v) is 4.05. The number of hydrogen-bond donors (Lipinski definition) is 3. The molecule has 1 unspecified atom stereocenters. The van der Waals surface area contributed by atoms with Crippen LogP contribution in [0.2, 0.25) is 0 Å². The highest BCUT2D eigenvalue weighted by Gasteiger charge is 2.43. The number of pyridine rings is 1. The van der Waals surface area contributed by atoms with Crippen molar-refractivity contribution in [3.63, 3.8) is 0 Å². The quantitative estimate of drug-likeness (QED) is 0.428. The van der Waals surface area contributed by atoms with Crippen LogP contribution < -0.4 is 20.1 Å². The highest BCUT2D eigenvalue weighted by atomic mass is 19.4. The smallest absolute Gasteiger partial charge is 0.491 e. The van der Waals surface area contributed by atoms with Crippen LogP contribution in [0.4, 0.5) is 23.2 Å². The van der Waals surface area contributed by atoms with Crippen molar-refractivity contribution in [3.05, 3.63) is 82.9 Å². The summed E-state index contributed by atoms with van der Waals surface area (Å²) < 4.78 is 62.0. The predicted molar refractivity (Wildman–Crippen MR) is 119 cm³/mol. The van der Waals surface area contributed by atoms with Gasteiger partial charge in [0, 0.05) is 30.9 Å². The lowest BCUT2D eigenvalue weighted by Crippen LogP contribution is -2.50. The van der Waals surface area contributed by atoms with E-state index in [1.165, 1.54) is 37.5 Å². The number of aromatic carboxylic acids is 1. The number of hydrogen-bond acceptors (Lipinski definition) is 6. The summed E-state index contributed by atoms with van der Waals surface area (Å²) in [4.78, 5) is 29.1. The standard InChI is InChI=1S/C24H19F4N3O5/c1-29-17-11-13(4-6-15(17)22(33)34)21(32)31-23(8-10-35-19-3-2-9-30-20(19)23)14-5-7-18(16(25)12-14)36-24(26,27)28/h2-7,9,11-12,29H,8,10H2,1H3,(H,31,32)(H,33,34). The number of carbonyl (C=O) groups is 2. The lowest BCUT2D eigenvalue weighted by Gasteiger charge is -2.39. The molecule has 4 rings (SSSR count).